The summed E-state index contributed by atoms with van der Waals surface area (Å²) in [6.45, 7) is 1.82. The highest BCUT2D eigenvalue weighted by Gasteiger charge is 2.24. The molecule has 2 rings (SSSR count). The molecule has 92 valence electrons. The van der Waals surface area contributed by atoms with Gasteiger partial charge in [-0.25, -0.2) is 0 Å². The number of hydrogen-bond donors (Lipinski definition) is 1. The van der Waals surface area contributed by atoms with Crippen molar-refractivity contribution < 1.29 is 9.90 Å². The zero-order chi connectivity index (χ0) is 12.1. The van der Waals surface area contributed by atoms with Gasteiger partial charge in [0.25, 0.3) is 0 Å². The minimum absolute atomic E-state index is 0.0823. The quantitative estimate of drug-likeness (QED) is 0.831. The van der Waals surface area contributed by atoms with E-state index in [4.69, 9.17) is 5.11 Å². The fourth-order valence-electron chi connectivity index (χ4n) is 2.10. The van der Waals surface area contributed by atoms with Crippen LogP contribution in [-0.2, 0) is 4.79 Å². The van der Waals surface area contributed by atoms with E-state index in [1.807, 2.05) is 28.5 Å². The average Bonchev–Trinajstić information content (AvgIpc) is 2.97. The molecule has 1 atom stereocenters. The van der Waals surface area contributed by atoms with Gasteiger partial charge in [-0.2, -0.15) is 0 Å². The number of rotatable bonds is 4. The number of aliphatic hydroxyl groups excluding tert-OH is 1. The van der Waals surface area contributed by atoms with E-state index in [0.29, 0.717) is 5.92 Å². The van der Waals surface area contributed by atoms with Crippen LogP contribution in [0.1, 0.15) is 17.7 Å². The van der Waals surface area contributed by atoms with Crippen LogP contribution in [0.25, 0.3) is 6.08 Å². The maximum Gasteiger partial charge on any atom is 0.246 e. The molecule has 0 saturated carbocycles. The van der Waals surface area contributed by atoms with Gasteiger partial charge >= 0.3 is 0 Å². The second kappa shape index (κ2) is 5.98. The number of hydrogen-bond acceptors (Lipinski definition) is 3. The average molecular weight is 251 g/mol. The Morgan fingerprint density at radius 2 is 2.53 bits per heavy atom. The van der Waals surface area contributed by atoms with E-state index in [-0.39, 0.29) is 12.5 Å². The van der Waals surface area contributed by atoms with Crippen LogP contribution in [0, 0.1) is 5.92 Å². The van der Waals surface area contributed by atoms with Gasteiger partial charge in [-0.1, -0.05) is 6.07 Å². The Balaban J connectivity index is 1.85. The molecular weight excluding hydrogens is 234 g/mol. The second-order valence-electron chi connectivity index (χ2n) is 4.30. The Kier molecular flexibility index (Phi) is 4.34. The molecule has 4 heteroatoms. The molecule has 1 saturated heterocycles. The van der Waals surface area contributed by atoms with E-state index in [0.717, 1.165) is 30.8 Å². The monoisotopic (exact) mass is 251 g/mol. The van der Waals surface area contributed by atoms with Crippen LogP contribution in [0.4, 0.5) is 0 Å². The first-order chi connectivity index (χ1) is 8.29. The summed E-state index contributed by atoms with van der Waals surface area (Å²) >= 11 is 1.63. The number of carbonyl (C=O) groups is 1. The minimum Gasteiger partial charge on any atom is -0.396 e. The highest BCUT2D eigenvalue weighted by atomic mass is 32.1. The topological polar surface area (TPSA) is 40.5 Å². The smallest absolute Gasteiger partial charge is 0.246 e. The molecule has 0 spiro atoms. The Bertz CT molecular complexity index is 386. The molecule has 0 aromatic carbocycles. The van der Waals surface area contributed by atoms with Crippen molar-refractivity contribution in [2.45, 2.75) is 12.8 Å². The molecule has 1 aromatic heterocycles. The number of aliphatic hydroxyl groups is 1. The lowest BCUT2D eigenvalue weighted by atomic mass is 10.1. The summed E-state index contributed by atoms with van der Waals surface area (Å²) in [6.07, 6.45) is 5.33. The highest BCUT2D eigenvalue weighted by molar-refractivity contribution is 7.10. The third-order valence-corrected chi connectivity index (χ3v) is 3.91. The number of amides is 1. The van der Waals surface area contributed by atoms with Crippen LogP contribution in [0.15, 0.2) is 23.6 Å². The molecule has 2 heterocycles. The van der Waals surface area contributed by atoms with E-state index in [2.05, 4.69) is 0 Å². The van der Waals surface area contributed by atoms with Gasteiger partial charge in [0.1, 0.15) is 0 Å². The zero-order valence-electron chi connectivity index (χ0n) is 9.71. The van der Waals surface area contributed by atoms with E-state index < -0.39 is 0 Å². The van der Waals surface area contributed by atoms with Crippen molar-refractivity contribution in [1.82, 2.24) is 4.90 Å². The molecule has 0 radical (unpaired) electrons. The van der Waals surface area contributed by atoms with Gasteiger partial charge in [0.2, 0.25) is 5.91 Å². The molecule has 1 amide bonds. The summed E-state index contributed by atoms with van der Waals surface area (Å²) in [6, 6.07) is 3.97. The fraction of sp³-hybridized carbons (Fsp3) is 0.462. The largest absolute Gasteiger partial charge is 0.396 e. The summed E-state index contributed by atoms with van der Waals surface area (Å²) in [5, 5.41) is 10.9. The maximum absolute atomic E-state index is 11.9. The molecule has 1 aromatic rings. The molecule has 0 aliphatic carbocycles. The van der Waals surface area contributed by atoms with Crippen LogP contribution in [0.5, 0.6) is 0 Å². The molecule has 1 unspecified atom stereocenters. The standard InChI is InChI=1S/C13H17NO2S/c15-8-6-11-5-7-14(10-11)13(16)4-3-12-2-1-9-17-12/h1-4,9,11,15H,5-8,10H2/b4-3+. The van der Waals surface area contributed by atoms with Crippen molar-refractivity contribution in [3.8, 4) is 0 Å². The van der Waals surface area contributed by atoms with Gasteiger partial charge in [-0.3, -0.25) is 4.79 Å². The minimum atomic E-state index is 0.0823. The summed E-state index contributed by atoms with van der Waals surface area (Å²) in [5.41, 5.74) is 0. The predicted molar refractivity (Wildman–Crippen MR) is 69.7 cm³/mol. The third-order valence-electron chi connectivity index (χ3n) is 3.07. The van der Waals surface area contributed by atoms with Crippen LogP contribution < -0.4 is 0 Å². The van der Waals surface area contributed by atoms with E-state index in [1.165, 1.54) is 0 Å². The van der Waals surface area contributed by atoms with Crippen molar-refractivity contribution in [3.05, 3.63) is 28.5 Å². The van der Waals surface area contributed by atoms with Crippen LogP contribution in [0.2, 0.25) is 0 Å². The number of carbonyl (C=O) groups excluding carboxylic acids is 1. The third kappa shape index (κ3) is 3.41. The summed E-state index contributed by atoms with van der Waals surface area (Å²) in [7, 11) is 0. The van der Waals surface area contributed by atoms with Crippen molar-refractivity contribution in [1.29, 1.82) is 0 Å². The number of thiophene rings is 1. The lowest BCUT2D eigenvalue weighted by molar-refractivity contribution is -0.125. The first-order valence-corrected chi connectivity index (χ1v) is 6.79. The molecule has 1 aliphatic heterocycles. The molecule has 17 heavy (non-hydrogen) atoms. The van der Waals surface area contributed by atoms with Crippen molar-refractivity contribution >= 4 is 23.3 Å². The number of nitrogens with zero attached hydrogens (tertiary/aromatic N) is 1. The van der Waals surface area contributed by atoms with Crippen molar-refractivity contribution in [2.24, 2.45) is 5.92 Å². The summed E-state index contributed by atoms with van der Waals surface area (Å²) in [4.78, 5) is 14.8. The van der Waals surface area contributed by atoms with Gasteiger partial charge in [0, 0.05) is 30.6 Å². The number of likely N-dealkylation sites (tertiary alicyclic amines) is 1. The fourth-order valence-corrected chi connectivity index (χ4v) is 2.71. The summed E-state index contributed by atoms with van der Waals surface area (Å²) in [5.74, 6) is 0.554. The van der Waals surface area contributed by atoms with Gasteiger partial charge in [-0.15, -0.1) is 11.3 Å². The highest BCUT2D eigenvalue weighted by Crippen LogP contribution is 2.19. The zero-order valence-corrected chi connectivity index (χ0v) is 10.5. The lowest BCUT2D eigenvalue weighted by Crippen LogP contribution is -2.26. The first kappa shape index (κ1) is 12.3. The van der Waals surface area contributed by atoms with Gasteiger partial charge in [-0.05, 0) is 36.3 Å². The normalized spacial score (nSPS) is 20.3. The Hall–Kier alpha value is -1.13. The molecule has 1 N–H and O–H groups in total. The lowest BCUT2D eigenvalue weighted by Gasteiger charge is -2.13. The summed E-state index contributed by atoms with van der Waals surface area (Å²) < 4.78 is 0. The van der Waals surface area contributed by atoms with Gasteiger partial charge < -0.3 is 10.0 Å². The van der Waals surface area contributed by atoms with Crippen LogP contribution in [0.3, 0.4) is 0 Å². The van der Waals surface area contributed by atoms with Gasteiger partial charge in [0.05, 0.1) is 0 Å². The predicted octanol–water partition coefficient (Wildman–Crippen LogP) is 1.99. The van der Waals surface area contributed by atoms with E-state index in [1.54, 1.807) is 17.4 Å². The van der Waals surface area contributed by atoms with E-state index in [9.17, 15) is 4.79 Å². The van der Waals surface area contributed by atoms with Gasteiger partial charge in [0.15, 0.2) is 0 Å². The van der Waals surface area contributed by atoms with Crippen molar-refractivity contribution in [2.75, 3.05) is 19.7 Å². The SMILES string of the molecule is O=C(/C=C/c1cccs1)N1CCC(CCO)C1. The Labute approximate surface area is 105 Å². The molecular formula is C13H17NO2S. The van der Waals surface area contributed by atoms with E-state index >= 15 is 0 Å². The van der Waals surface area contributed by atoms with Crippen LogP contribution in [-0.4, -0.2) is 35.6 Å². The Morgan fingerprint density at radius 1 is 1.65 bits per heavy atom. The second-order valence-corrected chi connectivity index (χ2v) is 5.28. The molecule has 1 fully saturated rings. The molecule has 3 nitrogen and oxygen atoms in total. The Morgan fingerprint density at radius 3 is 3.24 bits per heavy atom. The van der Waals surface area contributed by atoms with Crippen LogP contribution >= 0.6 is 11.3 Å². The van der Waals surface area contributed by atoms with Crippen molar-refractivity contribution in [3.63, 3.8) is 0 Å². The molecule has 1 aliphatic rings. The first-order valence-electron chi connectivity index (χ1n) is 5.91. The molecule has 0 bridgehead atoms. The maximum atomic E-state index is 11.9.